The Morgan fingerprint density at radius 2 is 1.90 bits per heavy atom. The van der Waals surface area contributed by atoms with Crippen LogP contribution in [0.3, 0.4) is 0 Å². The van der Waals surface area contributed by atoms with E-state index in [1.807, 2.05) is 61.5 Å². The maximum absolute atomic E-state index is 11.9. The Kier molecular flexibility index (Phi) is 5.16. The number of ether oxygens (including phenoxy) is 1. The monoisotopic (exact) mass is 281 g/mol. The third kappa shape index (κ3) is 4.49. The van der Waals surface area contributed by atoms with Crippen molar-refractivity contribution in [2.45, 2.75) is 13.0 Å². The normalized spacial score (nSPS) is 12.1. The van der Waals surface area contributed by atoms with Crippen molar-refractivity contribution in [2.75, 3.05) is 7.11 Å². The van der Waals surface area contributed by atoms with Gasteiger partial charge in [-0.1, -0.05) is 42.5 Å². The highest BCUT2D eigenvalue weighted by atomic mass is 16.5. The minimum absolute atomic E-state index is 0.0759. The average molecular weight is 281 g/mol. The summed E-state index contributed by atoms with van der Waals surface area (Å²) in [4.78, 5) is 11.9. The van der Waals surface area contributed by atoms with Gasteiger partial charge in [-0.2, -0.15) is 0 Å². The van der Waals surface area contributed by atoms with E-state index >= 15 is 0 Å². The number of benzene rings is 2. The molecule has 0 aliphatic heterocycles. The molecule has 0 aliphatic carbocycles. The minimum atomic E-state index is -0.117. The van der Waals surface area contributed by atoms with E-state index in [-0.39, 0.29) is 11.9 Å². The highest BCUT2D eigenvalue weighted by Crippen LogP contribution is 2.18. The maximum Gasteiger partial charge on any atom is 0.244 e. The van der Waals surface area contributed by atoms with Crippen LogP contribution in [-0.4, -0.2) is 13.0 Å². The zero-order valence-corrected chi connectivity index (χ0v) is 12.2. The molecule has 1 N–H and O–H groups in total. The number of rotatable bonds is 5. The summed E-state index contributed by atoms with van der Waals surface area (Å²) in [6.07, 6.45) is 3.35. The summed E-state index contributed by atoms with van der Waals surface area (Å²) in [6, 6.07) is 17.3. The number of amides is 1. The third-order valence-electron chi connectivity index (χ3n) is 3.18. The van der Waals surface area contributed by atoms with E-state index in [1.165, 1.54) is 0 Å². The molecule has 3 nitrogen and oxygen atoms in total. The fourth-order valence-corrected chi connectivity index (χ4v) is 1.99. The van der Waals surface area contributed by atoms with Crippen LogP contribution in [0.15, 0.2) is 60.7 Å². The van der Waals surface area contributed by atoms with Gasteiger partial charge >= 0.3 is 0 Å². The highest BCUT2D eigenvalue weighted by Gasteiger charge is 2.08. The van der Waals surface area contributed by atoms with Crippen LogP contribution in [0.2, 0.25) is 0 Å². The van der Waals surface area contributed by atoms with Crippen LogP contribution >= 0.6 is 0 Å². The molecule has 0 aromatic heterocycles. The summed E-state index contributed by atoms with van der Waals surface area (Å²) in [5, 5.41) is 2.94. The van der Waals surface area contributed by atoms with Crippen LogP contribution < -0.4 is 10.1 Å². The summed E-state index contributed by atoms with van der Waals surface area (Å²) in [6.45, 7) is 1.95. The van der Waals surface area contributed by atoms with Gasteiger partial charge in [-0.25, -0.2) is 0 Å². The molecule has 0 saturated heterocycles. The van der Waals surface area contributed by atoms with Gasteiger partial charge in [0.05, 0.1) is 13.2 Å². The van der Waals surface area contributed by atoms with Crippen molar-refractivity contribution in [1.29, 1.82) is 0 Å². The molecule has 0 radical (unpaired) electrons. The average Bonchev–Trinajstić information content (AvgIpc) is 2.54. The lowest BCUT2D eigenvalue weighted by Crippen LogP contribution is -2.24. The van der Waals surface area contributed by atoms with E-state index in [1.54, 1.807) is 19.3 Å². The van der Waals surface area contributed by atoms with Crippen LogP contribution in [0.25, 0.3) is 6.08 Å². The van der Waals surface area contributed by atoms with Crippen molar-refractivity contribution < 1.29 is 9.53 Å². The molecule has 2 aromatic rings. The van der Waals surface area contributed by atoms with E-state index in [4.69, 9.17) is 4.74 Å². The van der Waals surface area contributed by atoms with Gasteiger partial charge in [0.25, 0.3) is 0 Å². The first-order chi connectivity index (χ1) is 10.2. The minimum Gasteiger partial charge on any atom is -0.497 e. The number of carbonyl (C=O) groups excluding carboxylic acids is 1. The van der Waals surface area contributed by atoms with E-state index in [0.29, 0.717) is 0 Å². The van der Waals surface area contributed by atoms with E-state index in [2.05, 4.69) is 5.32 Å². The zero-order valence-electron chi connectivity index (χ0n) is 12.2. The molecule has 1 atom stereocenters. The Labute approximate surface area is 125 Å². The van der Waals surface area contributed by atoms with Crippen molar-refractivity contribution in [3.05, 3.63) is 71.8 Å². The molecule has 1 amide bonds. The number of methoxy groups -OCH3 is 1. The molecule has 2 rings (SSSR count). The Bertz CT molecular complexity index is 620. The molecule has 21 heavy (non-hydrogen) atoms. The van der Waals surface area contributed by atoms with E-state index < -0.39 is 0 Å². The lowest BCUT2D eigenvalue weighted by atomic mass is 10.1. The van der Waals surface area contributed by atoms with E-state index in [0.717, 1.165) is 16.9 Å². The molecule has 3 heteroatoms. The van der Waals surface area contributed by atoms with E-state index in [9.17, 15) is 4.79 Å². The quantitative estimate of drug-likeness (QED) is 0.851. The lowest BCUT2D eigenvalue weighted by Gasteiger charge is -2.13. The van der Waals surface area contributed by atoms with Crippen LogP contribution in [0.4, 0.5) is 0 Å². The van der Waals surface area contributed by atoms with Gasteiger partial charge in [-0.15, -0.1) is 0 Å². The standard InChI is InChI=1S/C18H19NO2/c1-14(16-9-6-10-17(13-16)21-2)19-18(20)12-11-15-7-4-3-5-8-15/h3-14H,1-2H3,(H,19,20)/b12-11+. The first-order valence-corrected chi connectivity index (χ1v) is 6.86. The molecule has 0 spiro atoms. The SMILES string of the molecule is COc1cccc(C(C)NC(=O)/C=C/c2ccccc2)c1. The largest absolute Gasteiger partial charge is 0.497 e. The first-order valence-electron chi connectivity index (χ1n) is 6.86. The van der Waals surface area contributed by atoms with Crippen molar-refractivity contribution >= 4 is 12.0 Å². The second-order valence-corrected chi connectivity index (χ2v) is 4.75. The first kappa shape index (κ1) is 14.9. The van der Waals surface area contributed by atoms with Crippen molar-refractivity contribution in [1.82, 2.24) is 5.32 Å². The van der Waals surface area contributed by atoms with Crippen LogP contribution in [0, 0.1) is 0 Å². The van der Waals surface area contributed by atoms with Gasteiger partial charge in [0, 0.05) is 6.08 Å². The van der Waals surface area contributed by atoms with Crippen LogP contribution in [0.1, 0.15) is 24.1 Å². The lowest BCUT2D eigenvalue weighted by molar-refractivity contribution is -0.117. The Balaban J connectivity index is 1.97. The fraction of sp³-hybridized carbons (Fsp3) is 0.167. The summed E-state index contributed by atoms with van der Waals surface area (Å²) in [5.41, 5.74) is 2.01. The molecule has 2 aromatic carbocycles. The molecule has 0 saturated carbocycles. The summed E-state index contributed by atoms with van der Waals surface area (Å²) in [5.74, 6) is 0.669. The molecule has 0 aliphatic rings. The Morgan fingerprint density at radius 1 is 1.14 bits per heavy atom. The number of hydrogen-bond donors (Lipinski definition) is 1. The van der Waals surface area contributed by atoms with Gasteiger partial charge in [-0.05, 0) is 36.3 Å². The van der Waals surface area contributed by atoms with Crippen molar-refractivity contribution in [3.63, 3.8) is 0 Å². The molecule has 0 heterocycles. The second-order valence-electron chi connectivity index (χ2n) is 4.75. The van der Waals surface area contributed by atoms with Gasteiger partial charge in [0.15, 0.2) is 0 Å². The second kappa shape index (κ2) is 7.29. The molecule has 0 bridgehead atoms. The number of carbonyl (C=O) groups is 1. The van der Waals surface area contributed by atoms with Crippen molar-refractivity contribution in [3.8, 4) is 5.75 Å². The van der Waals surface area contributed by atoms with Gasteiger partial charge < -0.3 is 10.1 Å². The number of hydrogen-bond acceptors (Lipinski definition) is 2. The van der Waals surface area contributed by atoms with Gasteiger partial charge in [0.2, 0.25) is 5.91 Å². The predicted octanol–water partition coefficient (Wildman–Crippen LogP) is 3.59. The Morgan fingerprint density at radius 3 is 2.62 bits per heavy atom. The third-order valence-corrected chi connectivity index (χ3v) is 3.18. The summed E-state index contributed by atoms with van der Waals surface area (Å²) < 4.78 is 5.19. The van der Waals surface area contributed by atoms with Crippen LogP contribution in [0.5, 0.6) is 5.75 Å². The number of nitrogens with one attached hydrogen (secondary N) is 1. The summed E-state index contributed by atoms with van der Waals surface area (Å²) in [7, 11) is 1.63. The molecule has 108 valence electrons. The zero-order chi connectivity index (χ0) is 15.1. The van der Waals surface area contributed by atoms with Crippen molar-refractivity contribution in [2.24, 2.45) is 0 Å². The molecular weight excluding hydrogens is 262 g/mol. The van der Waals surface area contributed by atoms with Gasteiger partial charge in [0.1, 0.15) is 5.75 Å². The summed E-state index contributed by atoms with van der Waals surface area (Å²) >= 11 is 0. The smallest absolute Gasteiger partial charge is 0.244 e. The topological polar surface area (TPSA) is 38.3 Å². The molecular formula is C18H19NO2. The van der Waals surface area contributed by atoms with Crippen LogP contribution in [-0.2, 0) is 4.79 Å². The fourth-order valence-electron chi connectivity index (χ4n) is 1.99. The predicted molar refractivity (Wildman–Crippen MR) is 85.0 cm³/mol. The molecule has 1 unspecified atom stereocenters. The maximum atomic E-state index is 11.9. The molecule has 0 fully saturated rings. The van der Waals surface area contributed by atoms with Gasteiger partial charge in [-0.3, -0.25) is 4.79 Å². The Hall–Kier alpha value is -2.55. The highest BCUT2D eigenvalue weighted by molar-refractivity contribution is 5.91.